The molecule has 6 nitrogen and oxygen atoms in total. The maximum atomic E-state index is 12.5. The van der Waals surface area contributed by atoms with Gasteiger partial charge in [-0.15, -0.1) is 0 Å². The highest BCUT2D eigenvalue weighted by Gasteiger charge is 2.27. The molecular formula is C19H16ClF3N4O2. The summed E-state index contributed by atoms with van der Waals surface area (Å²) in [6.07, 6.45) is -4.52. The molecule has 1 aromatic heterocycles. The normalized spacial score (nSPS) is 11.4. The highest BCUT2D eigenvalue weighted by Crippen LogP contribution is 2.20. The second-order valence-corrected chi connectivity index (χ2v) is 6.66. The van der Waals surface area contributed by atoms with E-state index in [1.54, 1.807) is 46.4 Å². The molecule has 0 aliphatic rings. The number of aromatic nitrogens is 2. The fourth-order valence-electron chi connectivity index (χ4n) is 2.68. The summed E-state index contributed by atoms with van der Waals surface area (Å²) in [7, 11) is 0. The van der Waals surface area contributed by atoms with Gasteiger partial charge in [0.15, 0.2) is 5.69 Å². The van der Waals surface area contributed by atoms with Crippen molar-refractivity contribution in [3.8, 4) is 0 Å². The third-order valence-corrected chi connectivity index (χ3v) is 4.27. The van der Waals surface area contributed by atoms with Crippen LogP contribution >= 0.6 is 11.6 Å². The standard InChI is InChI=1S/C19H16ClF3N4O2/c20-13-7-5-12(6-8-13)10-27-15-4-2-1-3-14(15)17(26-27)18(29)24-9-16(28)25-11-19(21,22)23/h1-8H,9-11H2,(H,24,29)(H,25,28). The van der Waals surface area contributed by atoms with Gasteiger partial charge in [-0.1, -0.05) is 41.9 Å². The SMILES string of the molecule is O=C(CNC(=O)c1nn(Cc2ccc(Cl)cc2)c2ccccc12)NCC(F)(F)F. The van der Waals surface area contributed by atoms with E-state index in [1.807, 2.05) is 12.1 Å². The summed E-state index contributed by atoms with van der Waals surface area (Å²) in [5.41, 5.74) is 1.70. The average molecular weight is 425 g/mol. The highest BCUT2D eigenvalue weighted by molar-refractivity contribution is 6.30. The van der Waals surface area contributed by atoms with Crippen molar-refractivity contribution in [2.24, 2.45) is 0 Å². The van der Waals surface area contributed by atoms with Crippen molar-refractivity contribution >= 4 is 34.3 Å². The molecule has 152 valence electrons. The molecule has 0 saturated heterocycles. The summed E-state index contributed by atoms with van der Waals surface area (Å²) in [4.78, 5) is 24.0. The molecule has 0 aliphatic carbocycles. The van der Waals surface area contributed by atoms with Crippen LogP contribution in [0.1, 0.15) is 16.1 Å². The summed E-state index contributed by atoms with van der Waals surface area (Å²) in [5.74, 6) is -1.60. The summed E-state index contributed by atoms with van der Waals surface area (Å²) >= 11 is 5.89. The van der Waals surface area contributed by atoms with Gasteiger partial charge in [0.05, 0.1) is 18.6 Å². The number of nitrogens with zero attached hydrogens (tertiary/aromatic N) is 2. The monoisotopic (exact) mass is 424 g/mol. The number of rotatable bonds is 6. The minimum atomic E-state index is -4.52. The summed E-state index contributed by atoms with van der Waals surface area (Å²) < 4.78 is 38.0. The van der Waals surface area contributed by atoms with Crippen LogP contribution in [0.25, 0.3) is 10.9 Å². The lowest BCUT2D eigenvalue weighted by Gasteiger charge is -2.08. The first kappa shape index (κ1) is 20.7. The zero-order valence-electron chi connectivity index (χ0n) is 15.0. The van der Waals surface area contributed by atoms with Crippen LogP contribution in [0.4, 0.5) is 13.2 Å². The molecule has 0 fully saturated rings. The van der Waals surface area contributed by atoms with Gasteiger partial charge in [-0.05, 0) is 23.8 Å². The number of hydrogen-bond donors (Lipinski definition) is 2. The Balaban J connectivity index is 1.74. The van der Waals surface area contributed by atoms with E-state index < -0.39 is 31.1 Å². The molecule has 0 radical (unpaired) electrons. The van der Waals surface area contributed by atoms with Crippen LogP contribution in [0, 0.1) is 0 Å². The van der Waals surface area contributed by atoms with Crippen LogP contribution < -0.4 is 10.6 Å². The van der Waals surface area contributed by atoms with Crippen LogP contribution in [0.2, 0.25) is 5.02 Å². The number of alkyl halides is 3. The Morgan fingerprint density at radius 3 is 2.41 bits per heavy atom. The molecule has 2 aromatic carbocycles. The minimum Gasteiger partial charge on any atom is -0.345 e. The predicted octanol–water partition coefficient (Wildman–Crippen LogP) is 3.15. The van der Waals surface area contributed by atoms with Crippen molar-refractivity contribution in [2.45, 2.75) is 12.7 Å². The first-order valence-corrected chi connectivity index (χ1v) is 8.92. The molecule has 0 bridgehead atoms. The maximum Gasteiger partial charge on any atom is 0.405 e. The van der Waals surface area contributed by atoms with Crippen molar-refractivity contribution in [1.29, 1.82) is 0 Å². The number of nitrogens with one attached hydrogen (secondary N) is 2. The number of benzene rings is 2. The van der Waals surface area contributed by atoms with Crippen molar-refractivity contribution < 1.29 is 22.8 Å². The fourth-order valence-corrected chi connectivity index (χ4v) is 2.81. The molecule has 0 aliphatic heterocycles. The van der Waals surface area contributed by atoms with Crippen LogP contribution in [-0.2, 0) is 11.3 Å². The Bertz CT molecular complexity index is 1030. The van der Waals surface area contributed by atoms with Crippen LogP contribution in [0.3, 0.4) is 0 Å². The number of carbonyl (C=O) groups is 2. The van der Waals surface area contributed by atoms with Crippen LogP contribution in [0.5, 0.6) is 0 Å². The smallest absolute Gasteiger partial charge is 0.345 e. The topological polar surface area (TPSA) is 76.0 Å². The van der Waals surface area contributed by atoms with Gasteiger partial charge in [-0.25, -0.2) is 0 Å². The molecular weight excluding hydrogens is 409 g/mol. The number of carbonyl (C=O) groups excluding carboxylic acids is 2. The average Bonchev–Trinajstić information content (AvgIpc) is 3.04. The maximum absolute atomic E-state index is 12.5. The van der Waals surface area contributed by atoms with E-state index in [-0.39, 0.29) is 5.69 Å². The van der Waals surface area contributed by atoms with E-state index in [1.165, 1.54) is 0 Å². The molecule has 29 heavy (non-hydrogen) atoms. The van der Waals surface area contributed by atoms with Gasteiger partial charge in [0.1, 0.15) is 6.54 Å². The largest absolute Gasteiger partial charge is 0.405 e. The van der Waals surface area contributed by atoms with Crippen molar-refractivity contribution in [3.63, 3.8) is 0 Å². The zero-order chi connectivity index (χ0) is 21.0. The lowest BCUT2D eigenvalue weighted by molar-refractivity contribution is -0.137. The highest BCUT2D eigenvalue weighted by atomic mass is 35.5. The number of halogens is 4. The van der Waals surface area contributed by atoms with E-state index in [9.17, 15) is 22.8 Å². The molecule has 0 spiro atoms. The summed E-state index contributed by atoms with van der Waals surface area (Å²) in [5, 5.41) is 9.49. The van der Waals surface area contributed by atoms with Gasteiger partial charge < -0.3 is 10.6 Å². The lowest BCUT2D eigenvalue weighted by atomic mass is 10.2. The van der Waals surface area contributed by atoms with Crippen molar-refractivity contribution in [3.05, 3.63) is 64.8 Å². The molecule has 10 heteroatoms. The van der Waals surface area contributed by atoms with Crippen molar-refractivity contribution in [2.75, 3.05) is 13.1 Å². The van der Waals surface area contributed by atoms with Crippen molar-refractivity contribution in [1.82, 2.24) is 20.4 Å². The molecule has 2 amide bonds. The fraction of sp³-hybridized carbons (Fsp3) is 0.211. The van der Waals surface area contributed by atoms with Gasteiger partial charge >= 0.3 is 6.18 Å². The molecule has 2 N–H and O–H groups in total. The van der Waals surface area contributed by atoms with E-state index in [0.717, 1.165) is 5.56 Å². The quantitative estimate of drug-likeness (QED) is 0.638. The predicted molar refractivity (Wildman–Crippen MR) is 102 cm³/mol. The van der Waals surface area contributed by atoms with E-state index in [0.29, 0.717) is 22.5 Å². The molecule has 0 atom stereocenters. The van der Waals surface area contributed by atoms with Gasteiger partial charge in [-0.2, -0.15) is 18.3 Å². The van der Waals surface area contributed by atoms with Crippen LogP contribution in [0.15, 0.2) is 48.5 Å². The summed E-state index contributed by atoms with van der Waals surface area (Å²) in [6, 6.07) is 14.2. The Kier molecular flexibility index (Phi) is 6.07. The van der Waals surface area contributed by atoms with E-state index in [2.05, 4.69) is 10.4 Å². The number of amides is 2. The Labute approximate surface area is 168 Å². The number of hydrogen-bond acceptors (Lipinski definition) is 3. The second-order valence-electron chi connectivity index (χ2n) is 6.22. The third-order valence-electron chi connectivity index (χ3n) is 4.01. The number of para-hydroxylation sites is 1. The lowest BCUT2D eigenvalue weighted by Crippen LogP contribution is -2.41. The van der Waals surface area contributed by atoms with E-state index in [4.69, 9.17) is 11.6 Å². The van der Waals surface area contributed by atoms with Crippen LogP contribution in [-0.4, -0.2) is 40.9 Å². The molecule has 1 heterocycles. The summed E-state index contributed by atoms with van der Waals surface area (Å²) in [6.45, 7) is -1.66. The number of fused-ring (bicyclic) bond motifs is 1. The molecule has 3 aromatic rings. The minimum absolute atomic E-state index is 0.0817. The Morgan fingerprint density at radius 1 is 1.03 bits per heavy atom. The molecule has 0 unspecified atom stereocenters. The Hall–Kier alpha value is -3.07. The van der Waals surface area contributed by atoms with Gasteiger partial charge in [0, 0.05) is 10.4 Å². The third kappa shape index (κ3) is 5.47. The zero-order valence-corrected chi connectivity index (χ0v) is 15.7. The van der Waals surface area contributed by atoms with E-state index >= 15 is 0 Å². The van der Waals surface area contributed by atoms with Gasteiger partial charge in [-0.3, -0.25) is 14.3 Å². The van der Waals surface area contributed by atoms with Gasteiger partial charge in [0.2, 0.25) is 5.91 Å². The Morgan fingerprint density at radius 2 is 1.72 bits per heavy atom. The molecule has 0 saturated carbocycles. The second kappa shape index (κ2) is 8.52. The first-order valence-electron chi connectivity index (χ1n) is 8.54. The molecule has 3 rings (SSSR count). The van der Waals surface area contributed by atoms with Gasteiger partial charge in [0.25, 0.3) is 5.91 Å². The first-order chi connectivity index (χ1) is 13.7.